The van der Waals surface area contributed by atoms with Crippen LogP contribution in [0.15, 0.2) is 33.9 Å². The van der Waals surface area contributed by atoms with Crippen molar-refractivity contribution in [2.45, 2.75) is 17.9 Å². The molecule has 124 valence electrons. The number of rotatable bonds is 5. The Morgan fingerprint density at radius 3 is 2.67 bits per heavy atom. The molecular formula is C15H17N7OS. The molecule has 24 heavy (non-hydrogen) atoms. The monoisotopic (exact) mass is 343 g/mol. The van der Waals surface area contributed by atoms with E-state index in [-0.39, 0.29) is 5.95 Å². The number of nitrogens with zero attached hydrogens (tertiary/aromatic N) is 6. The zero-order chi connectivity index (χ0) is 17.1. The second kappa shape index (κ2) is 6.83. The number of hydrogen-bond donors (Lipinski definition) is 1. The highest BCUT2D eigenvalue weighted by molar-refractivity contribution is 7.98. The average Bonchev–Trinajstić information content (AvgIpc) is 3.01. The van der Waals surface area contributed by atoms with Crippen LogP contribution in [0.3, 0.4) is 0 Å². The van der Waals surface area contributed by atoms with Crippen molar-refractivity contribution < 1.29 is 4.42 Å². The molecular weight excluding hydrogens is 326 g/mol. The highest BCUT2D eigenvalue weighted by Crippen LogP contribution is 2.26. The van der Waals surface area contributed by atoms with Gasteiger partial charge in [0.05, 0.1) is 5.75 Å². The van der Waals surface area contributed by atoms with Gasteiger partial charge in [0.2, 0.25) is 17.8 Å². The van der Waals surface area contributed by atoms with Crippen LogP contribution in [0.1, 0.15) is 11.4 Å². The molecule has 1 aromatic carbocycles. The number of anilines is 2. The molecule has 3 aromatic rings. The molecule has 0 atom stereocenters. The summed E-state index contributed by atoms with van der Waals surface area (Å²) in [5, 5.41) is 8.62. The highest BCUT2D eigenvalue weighted by atomic mass is 32.2. The Labute approximate surface area is 143 Å². The van der Waals surface area contributed by atoms with E-state index in [2.05, 4.69) is 25.1 Å². The summed E-state index contributed by atoms with van der Waals surface area (Å²) in [5.41, 5.74) is 7.72. The SMILES string of the molecule is Cc1ccccc1-c1nnc(SCc2nc(N)nc(N(C)C)n2)o1. The molecule has 0 unspecified atom stereocenters. The summed E-state index contributed by atoms with van der Waals surface area (Å²) in [7, 11) is 3.69. The van der Waals surface area contributed by atoms with E-state index in [1.54, 1.807) is 4.90 Å². The van der Waals surface area contributed by atoms with Gasteiger partial charge in [-0.3, -0.25) is 0 Å². The Balaban J connectivity index is 1.73. The van der Waals surface area contributed by atoms with Gasteiger partial charge in [-0.15, -0.1) is 10.2 Å². The Kier molecular flexibility index (Phi) is 4.61. The third-order valence-corrected chi connectivity index (χ3v) is 4.01. The maximum Gasteiger partial charge on any atom is 0.277 e. The van der Waals surface area contributed by atoms with E-state index in [1.807, 2.05) is 45.3 Å². The number of thioether (sulfide) groups is 1. The summed E-state index contributed by atoms with van der Waals surface area (Å²) in [5.74, 6) is 2.23. The van der Waals surface area contributed by atoms with Gasteiger partial charge in [0.1, 0.15) is 5.82 Å². The number of benzene rings is 1. The fourth-order valence-corrected chi connectivity index (χ4v) is 2.62. The van der Waals surface area contributed by atoms with Crippen LogP contribution < -0.4 is 10.6 Å². The predicted octanol–water partition coefficient (Wildman–Crippen LogP) is 2.17. The van der Waals surface area contributed by atoms with Crippen LogP contribution in [-0.2, 0) is 5.75 Å². The molecule has 3 rings (SSSR count). The molecule has 0 fully saturated rings. The third-order valence-electron chi connectivity index (χ3n) is 3.19. The number of hydrogen-bond acceptors (Lipinski definition) is 9. The van der Waals surface area contributed by atoms with Gasteiger partial charge in [0.15, 0.2) is 0 Å². The van der Waals surface area contributed by atoms with Gasteiger partial charge in [0, 0.05) is 19.7 Å². The van der Waals surface area contributed by atoms with Crippen molar-refractivity contribution >= 4 is 23.7 Å². The summed E-state index contributed by atoms with van der Waals surface area (Å²) in [6.07, 6.45) is 0. The zero-order valence-electron chi connectivity index (χ0n) is 13.6. The number of aromatic nitrogens is 5. The first kappa shape index (κ1) is 16.2. The van der Waals surface area contributed by atoms with Crippen molar-refractivity contribution in [3.8, 4) is 11.5 Å². The van der Waals surface area contributed by atoms with Crippen molar-refractivity contribution in [1.82, 2.24) is 25.1 Å². The summed E-state index contributed by atoms with van der Waals surface area (Å²) in [4.78, 5) is 14.3. The Morgan fingerprint density at radius 1 is 1.12 bits per heavy atom. The molecule has 2 N–H and O–H groups in total. The lowest BCUT2D eigenvalue weighted by atomic mass is 10.1. The molecule has 0 saturated carbocycles. The largest absolute Gasteiger partial charge is 0.411 e. The Hall–Kier alpha value is -2.68. The van der Waals surface area contributed by atoms with E-state index in [9.17, 15) is 0 Å². The summed E-state index contributed by atoms with van der Waals surface area (Å²) in [6, 6.07) is 7.87. The van der Waals surface area contributed by atoms with Gasteiger partial charge in [-0.1, -0.05) is 30.0 Å². The minimum absolute atomic E-state index is 0.190. The normalized spacial score (nSPS) is 10.8. The van der Waals surface area contributed by atoms with E-state index in [1.165, 1.54) is 11.8 Å². The molecule has 0 amide bonds. The second-order valence-corrected chi connectivity index (χ2v) is 6.21. The topological polar surface area (TPSA) is 107 Å². The van der Waals surface area contributed by atoms with Gasteiger partial charge in [-0.05, 0) is 18.6 Å². The standard InChI is InChI=1S/C15H17N7OS/c1-9-6-4-5-7-10(9)12-20-21-15(23-12)24-8-11-17-13(16)19-14(18-11)22(2)3/h4-7H,8H2,1-3H3,(H2,16,17,18,19). The number of nitrogen functional groups attached to an aromatic ring is 1. The lowest BCUT2D eigenvalue weighted by Crippen LogP contribution is -2.15. The van der Waals surface area contributed by atoms with Gasteiger partial charge in [0.25, 0.3) is 5.22 Å². The molecule has 2 aromatic heterocycles. The maximum absolute atomic E-state index is 5.71. The van der Waals surface area contributed by atoms with E-state index in [0.29, 0.717) is 28.6 Å². The molecule has 8 nitrogen and oxygen atoms in total. The molecule has 0 bridgehead atoms. The van der Waals surface area contributed by atoms with Crippen LogP contribution in [-0.4, -0.2) is 39.2 Å². The van der Waals surface area contributed by atoms with E-state index in [0.717, 1.165) is 11.1 Å². The van der Waals surface area contributed by atoms with Gasteiger partial charge in [-0.25, -0.2) is 0 Å². The van der Waals surface area contributed by atoms with Crippen LogP contribution >= 0.6 is 11.8 Å². The van der Waals surface area contributed by atoms with Crippen molar-refractivity contribution in [2.24, 2.45) is 0 Å². The number of aryl methyl sites for hydroxylation is 1. The minimum atomic E-state index is 0.190. The fourth-order valence-electron chi connectivity index (χ4n) is 2.01. The lowest BCUT2D eigenvalue weighted by Gasteiger charge is -2.10. The van der Waals surface area contributed by atoms with E-state index in [4.69, 9.17) is 10.2 Å². The average molecular weight is 343 g/mol. The number of nitrogens with two attached hydrogens (primary N) is 1. The summed E-state index contributed by atoms with van der Waals surface area (Å²) >= 11 is 1.36. The van der Waals surface area contributed by atoms with Crippen molar-refractivity contribution in [2.75, 3.05) is 24.7 Å². The third kappa shape index (κ3) is 3.62. The molecule has 0 radical (unpaired) electrons. The Bertz CT molecular complexity index is 849. The van der Waals surface area contributed by atoms with E-state index >= 15 is 0 Å². The molecule has 0 aliphatic carbocycles. The van der Waals surface area contributed by atoms with Crippen LogP contribution in [0.25, 0.3) is 11.5 Å². The van der Waals surface area contributed by atoms with Crippen LogP contribution in [0.2, 0.25) is 0 Å². The summed E-state index contributed by atoms with van der Waals surface area (Å²) < 4.78 is 5.71. The minimum Gasteiger partial charge on any atom is -0.411 e. The first-order valence-electron chi connectivity index (χ1n) is 7.23. The smallest absolute Gasteiger partial charge is 0.277 e. The molecule has 0 aliphatic heterocycles. The van der Waals surface area contributed by atoms with Gasteiger partial charge < -0.3 is 15.1 Å². The molecule has 9 heteroatoms. The molecule has 0 saturated heterocycles. The zero-order valence-corrected chi connectivity index (χ0v) is 14.4. The maximum atomic E-state index is 5.71. The van der Waals surface area contributed by atoms with E-state index < -0.39 is 0 Å². The quantitative estimate of drug-likeness (QED) is 0.697. The first-order valence-corrected chi connectivity index (χ1v) is 8.21. The van der Waals surface area contributed by atoms with Crippen LogP contribution in [0.4, 0.5) is 11.9 Å². The molecule has 0 spiro atoms. The Morgan fingerprint density at radius 2 is 1.92 bits per heavy atom. The lowest BCUT2D eigenvalue weighted by molar-refractivity contribution is 0.465. The van der Waals surface area contributed by atoms with Crippen LogP contribution in [0.5, 0.6) is 0 Å². The van der Waals surface area contributed by atoms with Crippen molar-refractivity contribution in [3.05, 3.63) is 35.7 Å². The highest BCUT2D eigenvalue weighted by Gasteiger charge is 2.13. The van der Waals surface area contributed by atoms with Crippen LogP contribution in [0, 0.1) is 6.92 Å². The second-order valence-electron chi connectivity index (χ2n) is 5.28. The van der Waals surface area contributed by atoms with Crippen molar-refractivity contribution in [1.29, 1.82) is 0 Å². The molecule has 0 aliphatic rings. The molecule has 2 heterocycles. The first-order chi connectivity index (χ1) is 11.5. The van der Waals surface area contributed by atoms with Gasteiger partial charge in [-0.2, -0.15) is 15.0 Å². The summed E-state index contributed by atoms with van der Waals surface area (Å²) in [6.45, 7) is 2.00. The fraction of sp³-hybridized carbons (Fsp3) is 0.267. The van der Waals surface area contributed by atoms with Gasteiger partial charge >= 0.3 is 0 Å². The van der Waals surface area contributed by atoms with Crippen molar-refractivity contribution in [3.63, 3.8) is 0 Å². The predicted molar refractivity (Wildman–Crippen MR) is 92.6 cm³/mol.